The van der Waals surface area contributed by atoms with Crippen molar-refractivity contribution in [1.29, 1.82) is 5.26 Å². The molecule has 0 spiro atoms. The summed E-state index contributed by atoms with van der Waals surface area (Å²) >= 11 is 0. The van der Waals surface area contributed by atoms with Gasteiger partial charge in [0.1, 0.15) is 11.2 Å². The van der Waals surface area contributed by atoms with Crippen molar-refractivity contribution in [3.63, 3.8) is 0 Å². The highest BCUT2D eigenvalue weighted by Crippen LogP contribution is 2.29. The van der Waals surface area contributed by atoms with Gasteiger partial charge in [-0.05, 0) is 25.0 Å². The molecule has 6 heteroatoms. The van der Waals surface area contributed by atoms with Gasteiger partial charge in [-0.15, -0.1) is 0 Å². The minimum atomic E-state index is -3.47. The molecule has 0 saturated carbocycles. The van der Waals surface area contributed by atoms with Gasteiger partial charge in [0.2, 0.25) is 0 Å². The van der Waals surface area contributed by atoms with Crippen LogP contribution in [0.25, 0.3) is 0 Å². The van der Waals surface area contributed by atoms with Crippen LogP contribution in [0.2, 0.25) is 0 Å². The number of sulfonamides is 1. The van der Waals surface area contributed by atoms with Gasteiger partial charge in [-0.25, -0.2) is 13.4 Å². The lowest BCUT2D eigenvalue weighted by Crippen LogP contribution is -2.32. The molecule has 1 aromatic rings. The van der Waals surface area contributed by atoms with E-state index in [1.54, 1.807) is 24.3 Å². The van der Waals surface area contributed by atoms with Gasteiger partial charge in [-0.2, -0.15) is 5.26 Å². The van der Waals surface area contributed by atoms with Crippen LogP contribution in [-0.4, -0.2) is 25.6 Å². The van der Waals surface area contributed by atoms with Crippen molar-refractivity contribution in [2.45, 2.75) is 24.2 Å². The topological polar surface area (TPSA) is 73.5 Å². The summed E-state index contributed by atoms with van der Waals surface area (Å²) in [6.07, 6.45) is 3.14. The molecule has 0 radical (unpaired) electrons. The van der Waals surface area contributed by atoms with E-state index in [0.717, 1.165) is 0 Å². The summed E-state index contributed by atoms with van der Waals surface area (Å²) in [4.78, 5) is 4.37. The largest absolute Gasteiger partial charge is 0.267 e. The molecular weight excluding hydrogens is 250 g/mol. The Morgan fingerprint density at radius 2 is 2.06 bits per heavy atom. The number of rotatable bonds is 4. The van der Waals surface area contributed by atoms with Crippen LogP contribution in [0.5, 0.6) is 0 Å². The number of hydrogen-bond acceptors (Lipinski definition) is 4. The van der Waals surface area contributed by atoms with E-state index in [9.17, 15) is 8.42 Å². The van der Waals surface area contributed by atoms with Gasteiger partial charge < -0.3 is 0 Å². The van der Waals surface area contributed by atoms with Crippen molar-refractivity contribution in [3.05, 3.63) is 24.3 Å². The number of nitriles is 1. The Labute approximate surface area is 106 Å². The first-order valence-corrected chi connectivity index (χ1v) is 7.12. The third-order valence-electron chi connectivity index (χ3n) is 2.69. The lowest BCUT2D eigenvalue weighted by Gasteiger charge is -2.23. The Bertz CT molecular complexity index is 602. The second-order valence-electron chi connectivity index (χ2n) is 3.94. The van der Waals surface area contributed by atoms with E-state index in [4.69, 9.17) is 5.26 Å². The minimum Gasteiger partial charge on any atom is -0.256 e. The maximum absolute atomic E-state index is 12.2. The van der Waals surface area contributed by atoms with Crippen molar-refractivity contribution in [2.24, 2.45) is 4.99 Å². The molecule has 5 nitrogen and oxygen atoms in total. The van der Waals surface area contributed by atoms with Crippen LogP contribution in [0.3, 0.4) is 0 Å². The SMILES string of the molecule is N#CCCCCN1C=Nc2ccccc2S1(=O)=O. The first-order valence-electron chi connectivity index (χ1n) is 5.68. The van der Waals surface area contributed by atoms with Gasteiger partial charge in [0.15, 0.2) is 0 Å². The highest BCUT2D eigenvalue weighted by Gasteiger charge is 2.27. The first-order chi connectivity index (χ1) is 8.66. The first kappa shape index (κ1) is 12.6. The maximum Gasteiger partial charge on any atom is 0.267 e. The fourth-order valence-electron chi connectivity index (χ4n) is 1.75. The Morgan fingerprint density at radius 3 is 2.83 bits per heavy atom. The molecule has 18 heavy (non-hydrogen) atoms. The van der Waals surface area contributed by atoms with E-state index < -0.39 is 10.0 Å². The van der Waals surface area contributed by atoms with Crippen LogP contribution in [-0.2, 0) is 10.0 Å². The van der Waals surface area contributed by atoms with E-state index in [2.05, 4.69) is 4.99 Å². The molecule has 94 valence electrons. The lowest BCUT2D eigenvalue weighted by atomic mass is 10.2. The Morgan fingerprint density at radius 1 is 1.28 bits per heavy atom. The zero-order valence-corrected chi connectivity index (χ0v) is 10.6. The van der Waals surface area contributed by atoms with E-state index >= 15 is 0 Å². The van der Waals surface area contributed by atoms with Crippen LogP contribution < -0.4 is 0 Å². The molecule has 0 aliphatic carbocycles. The van der Waals surface area contributed by atoms with Crippen LogP contribution >= 0.6 is 0 Å². The molecule has 0 bridgehead atoms. The zero-order valence-electron chi connectivity index (χ0n) is 9.78. The molecule has 1 heterocycles. The molecule has 0 atom stereocenters. The van der Waals surface area contributed by atoms with E-state index in [0.29, 0.717) is 31.5 Å². The summed E-state index contributed by atoms with van der Waals surface area (Å²) in [6.45, 7) is 0.363. The third kappa shape index (κ3) is 2.36. The van der Waals surface area contributed by atoms with Crippen molar-refractivity contribution in [1.82, 2.24) is 4.31 Å². The van der Waals surface area contributed by atoms with Crippen molar-refractivity contribution in [3.8, 4) is 6.07 Å². The van der Waals surface area contributed by atoms with Crippen LogP contribution in [0.1, 0.15) is 19.3 Å². The standard InChI is InChI=1S/C12H13N3O2S/c13-8-4-1-5-9-15-10-14-11-6-2-3-7-12(11)18(15,16)17/h2-3,6-7,10H,1,4-5,9H2. The molecule has 1 aliphatic rings. The number of benzene rings is 1. The molecule has 0 aromatic heterocycles. The van der Waals surface area contributed by atoms with Crippen molar-refractivity contribution < 1.29 is 8.42 Å². The highest BCUT2D eigenvalue weighted by molar-refractivity contribution is 7.89. The molecule has 1 aromatic carbocycles. The van der Waals surface area contributed by atoms with Crippen LogP contribution in [0.15, 0.2) is 34.2 Å². The number of unbranched alkanes of at least 4 members (excludes halogenated alkanes) is 2. The summed E-state index contributed by atoms with van der Waals surface area (Å²) in [5, 5.41) is 8.43. The van der Waals surface area contributed by atoms with Crippen molar-refractivity contribution in [2.75, 3.05) is 6.54 Å². The monoisotopic (exact) mass is 263 g/mol. The summed E-state index contributed by atoms with van der Waals surface area (Å²) in [7, 11) is -3.47. The molecule has 1 aliphatic heterocycles. The lowest BCUT2D eigenvalue weighted by molar-refractivity contribution is 0.510. The molecule has 0 fully saturated rings. The molecule has 0 saturated heterocycles. The van der Waals surface area contributed by atoms with Gasteiger partial charge in [0, 0.05) is 13.0 Å². The summed E-state index contributed by atoms with van der Waals surface area (Å²) in [5.41, 5.74) is 0.478. The van der Waals surface area contributed by atoms with Gasteiger partial charge >= 0.3 is 0 Å². The smallest absolute Gasteiger partial charge is 0.256 e. The van der Waals surface area contributed by atoms with E-state index in [1.165, 1.54) is 10.6 Å². The van der Waals surface area contributed by atoms with Gasteiger partial charge in [0.25, 0.3) is 10.0 Å². The maximum atomic E-state index is 12.2. The predicted octanol–water partition coefficient (Wildman–Crippen LogP) is 2.04. The van der Waals surface area contributed by atoms with Crippen molar-refractivity contribution >= 4 is 22.0 Å². The molecular formula is C12H13N3O2S. The van der Waals surface area contributed by atoms with Gasteiger partial charge in [0.05, 0.1) is 11.8 Å². The van der Waals surface area contributed by atoms with E-state index in [-0.39, 0.29) is 4.90 Å². The number of fused-ring (bicyclic) bond motifs is 1. The predicted molar refractivity (Wildman–Crippen MR) is 67.9 cm³/mol. The fourth-order valence-corrected chi connectivity index (χ4v) is 3.18. The Balaban J connectivity index is 2.15. The second kappa shape index (κ2) is 5.19. The van der Waals surface area contributed by atoms with Gasteiger partial charge in [-0.3, -0.25) is 4.31 Å². The zero-order chi connectivity index (χ0) is 13.0. The Kier molecular flexibility index (Phi) is 3.63. The number of nitrogens with zero attached hydrogens (tertiary/aromatic N) is 3. The second-order valence-corrected chi connectivity index (χ2v) is 5.80. The number of para-hydroxylation sites is 1. The van der Waals surface area contributed by atoms with Crippen LogP contribution in [0.4, 0.5) is 5.69 Å². The number of hydrogen-bond donors (Lipinski definition) is 0. The average molecular weight is 263 g/mol. The highest BCUT2D eigenvalue weighted by atomic mass is 32.2. The average Bonchev–Trinajstić information content (AvgIpc) is 2.37. The summed E-state index contributed by atoms with van der Waals surface area (Å²) in [6, 6.07) is 8.72. The molecule has 0 unspecified atom stereocenters. The van der Waals surface area contributed by atoms with E-state index in [1.807, 2.05) is 6.07 Å². The third-order valence-corrected chi connectivity index (χ3v) is 4.49. The Hall–Kier alpha value is -1.87. The molecule has 0 amide bonds. The molecule has 2 rings (SSSR count). The van der Waals surface area contributed by atoms with Gasteiger partial charge in [-0.1, -0.05) is 12.1 Å². The summed E-state index contributed by atoms with van der Waals surface area (Å²) < 4.78 is 25.7. The fraction of sp³-hybridized carbons (Fsp3) is 0.333. The number of aliphatic imine (C=N–C) groups is 1. The quantitative estimate of drug-likeness (QED) is 0.780. The van der Waals surface area contributed by atoms with Crippen LogP contribution in [0, 0.1) is 11.3 Å². The molecule has 0 N–H and O–H groups in total. The summed E-state index contributed by atoms with van der Waals surface area (Å²) in [5.74, 6) is 0. The minimum absolute atomic E-state index is 0.243. The normalized spacial score (nSPS) is 16.1.